The molecule has 1 aliphatic rings. The highest BCUT2D eigenvalue weighted by molar-refractivity contribution is 6.01. The number of hydrogen-bond acceptors (Lipinski definition) is 2. The maximum Gasteiger partial charge on any atom is 0.162 e. The summed E-state index contributed by atoms with van der Waals surface area (Å²) in [6, 6.07) is 0. The molecule has 0 radical (unpaired) electrons. The van der Waals surface area contributed by atoms with E-state index in [0.29, 0.717) is 0 Å². The molecule has 0 spiro atoms. The van der Waals surface area contributed by atoms with Gasteiger partial charge in [-0.3, -0.25) is 0 Å². The molecule has 0 bridgehead atoms. The maximum absolute atomic E-state index is 4.72. The topological polar surface area (TPSA) is 38.7 Å². The van der Waals surface area contributed by atoms with Crippen LogP contribution in [0.1, 0.15) is 13.8 Å². The minimum Gasteiger partial charge on any atom is -0.651 e. The van der Waals surface area contributed by atoms with Crippen molar-refractivity contribution >= 4 is 12.4 Å². The number of nitrogens with zero attached hydrogens (tertiary/aromatic N) is 3. The van der Waals surface area contributed by atoms with E-state index in [-0.39, 0.29) is 0 Å². The van der Waals surface area contributed by atoms with Crippen LogP contribution in [0.2, 0.25) is 0 Å². The van der Waals surface area contributed by atoms with Gasteiger partial charge in [-0.25, -0.2) is 4.58 Å². The molecule has 0 aromatic carbocycles. The second kappa shape index (κ2) is 5.30. The van der Waals surface area contributed by atoms with Crippen LogP contribution in [0.25, 0.3) is 5.32 Å². The van der Waals surface area contributed by atoms with Crippen LogP contribution in [0.4, 0.5) is 0 Å². The molecule has 0 unspecified atom stereocenters. The Morgan fingerprint density at radius 2 is 2.19 bits per heavy atom. The summed E-state index contributed by atoms with van der Waals surface area (Å²) < 4.78 is 1.79. The van der Waals surface area contributed by atoms with E-state index in [2.05, 4.69) is 17.2 Å². The van der Waals surface area contributed by atoms with Gasteiger partial charge >= 0.3 is 0 Å². The normalized spacial score (nSPS) is 18.8. The highest BCUT2D eigenvalue weighted by Crippen LogP contribution is 2.24. The third-order valence-corrected chi connectivity index (χ3v) is 2.29. The van der Waals surface area contributed by atoms with Gasteiger partial charge in [0.15, 0.2) is 5.70 Å². The molecule has 1 heterocycles. The Morgan fingerprint density at radius 1 is 1.50 bits per heavy atom. The SMILES string of the molecule is C=[N+](C)C(C)=C1C=CC=C(C(C)=NOC)[N-]1. The quantitative estimate of drug-likeness (QED) is 0.408. The van der Waals surface area contributed by atoms with Crippen LogP contribution in [-0.4, -0.2) is 31.2 Å². The zero-order valence-corrected chi connectivity index (χ0v) is 10.2. The summed E-state index contributed by atoms with van der Waals surface area (Å²) in [4.78, 5) is 4.72. The predicted molar refractivity (Wildman–Crippen MR) is 66.7 cm³/mol. The third kappa shape index (κ3) is 2.82. The van der Waals surface area contributed by atoms with Crippen LogP contribution in [0.3, 0.4) is 0 Å². The van der Waals surface area contributed by atoms with Gasteiger partial charge in [-0.15, -0.1) is 5.70 Å². The highest BCUT2D eigenvalue weighted by atomic mass is 16.6. The second-order valence-corrected chi connectivity index (χ2v) is 3.55. The molecule has 1 aliphatic heterocycles. The lowest BCUT2D eigenvalue weighted by molar-refractivity contribution is -0.434. The van der Waals surface area contributed by atoms with Crippen molar-refractivity contribution in [2.24, 2.45) is 5.16 Å². The molecule has 0 aromatic heterocycles. The Morgan fingerprint density at radius 3 is 2.75 bits per heavy atom. The molecule has 1 rings (SSSR count). The molecule has 4 heteroatoms. The lowest BCUT2D eigenvalue weighted by atomic mass is 10.1. The van der Waals surface area contributed by atoms with Crippen molar-refractivity contribution in [1.29, 1.82) is 0 Å². The van der Waals surface area contributed by atoms with E-state index in [4.69, 9.17) is 4.84 Å². The monoisotopic (exact) mass is 219 g/mol. The van der Waals surface area contributed by atoms with Gasteiger partial charge in [0.25, 0.3) is 0 Å². The van der Waals surface area contributed by atoms with E-state index in [1.807, 2.05) is 39.1 Å². The van der Waals surface area contributed by atoms with Crippen LogP contribution in [0.5, 0.6) is 0 Å². The molecule has 16 heavy (non-hydrogen) atoms. The Balaban J connectivity index is 2.95. The molecular formula is C12H17N3O. The zero-order valence-electron chi connectivity index (χ0n) is 10.2. The summed E-state index contributed by atoms with van der Waals surface area (Å²) >= 11 is 0. The number of rotatable bonds is 3. The summed E-state index contributed by atoms with van der Waals surface area (Å²) in [5.74, 6) is 0. The Labute approximate surface area is 96.3 Å². The first kappa shape index (κ1) is 12.2. The van der Waals surface area contributed by atoms with Gasteiger partial charge in [-0.1, -0.05) is 29.1 Å². The fraction of sp³-hybridized carbons (Fsp3) is 0.333. The van der Waals surface area contributed by atoms with Crippen molar-refractivity contribution in [3.05, 3.63) is 40.6 Å². The molecule has 4 nitrogen and oxygen atoms in total. The Bertz CT molecular complexity index is 414. The van der Waals surface area contributed by atoms with Crippen LogP contribution in [-0.2, 0) is 4.84 Å². The molecule has 0 aromatic rings. The predicted octanol–water partition coefficient (Wildman–Crippen LogP) is 2.41. The van der Waals surface area contributed by atoms with Crippen LogP contribution in [0.15, 0.2) is 40.5 Å². The molecule has 86 valence electrons. The van der Waals surface area contributed by atoms with E-state index >= 15 is 0 Å². The van der Waals surface area contributed by atoms with Crippen molar-refractivity contribution in [3.8, 4) is 0 Å². The van der Waals surface area contributed by atoms with Gasteiger partial charge in [-0.05, 0) is 6.92 Å². The summed E-state index contributed by atoms with van der Waals surface area (Å²) in [6.45, 7) is 7.66. The van der Waals surface area contributed by atoms with Crippen molar-refractivity contribution in [2.45, 2.75) is 13.8 Å². The molecule has 0 aliphatic carbocycles. The molecule has 0 saturated heterocycles. The van der Waals surface area contributed by atoms with Crippen LogP contribution >= 0.6 is 0 Å². The fourth-order valence-corrected chi connectivity index (χ4v) is 1.22. The van der Waals surface area contributed by atoms with Crippen molar-refractivity contribution < 1.29 is 9.41 Å². The largest absolute Gasteiger partial charge is 0.651 e. The molecular weight excluding hydrogens is 202 g/mol. The molecule has 0 amide bonds. The average Bonchev–Trinajstić information content (AvgIpc) is 2.28. The number of hydrogen-bond donors (Lipinski definition) is 0. The summed E-state index contributed by atoms with van der Waals surface area (Å²) in [7, 11) is 3.41. The first-order chi connectivity index (χ1) is 7.56. The van der Waals surface area contributed by atoms with Gasteiger partial charge < -0.3 is 10.2 Å². The van der Waals surface area contributed by atoms with Crippen molar-refractivity contribution in [2.75, 3.05) is 14.2 Å². The van der Waals surface area contributed by atoms with E-state index in [1.54, 1.807) is 4.58 Å². The Kier molecular flexibility index (Phi) is 4.05. The third-order valence-electron chi connectivity index (χ3n) is 2.29. The fourth-order valence-electron chi connectivity index (χ4n) is 1.22. The molecule has 0 saturated carbocycles. The van der Waals surface area contributed by atoms with E-state index < -0.39 is 0 Å². The minimum atomic E-state index is 0.754. The van der Waals surface area contributed by atoms with Crippen LogP contribution < -0.4 is 0 Å². The lowest BCUT2D eigenvalue weighted by Gasteiger charge is -2.29. The standard InChI is InChI=1S/C12H17N3O/c1-9(14-16-5)11-7-6-8-12(13-11)10(2)15(3)4/h6-8H,3H2,1-2,4-5H3. The van der Waals surface area contributed by atoms with E-state index in [0.717, 1.165) is 22.8 Å². The van der Waals surface area contributed by atoms with Gasteiger partial charge in [0, 0.05) is 6.92 Å². The molecule has 0 N–H and O–H groups in total. The molecule has 0 fully saturated rings. The van der Waals surface area contributed by atoms with Gasteiger partial charge in [-0.2, -0.15) is 0 Å². The summed E-state index contributed by atoms with van der Waals surface area (Å²) in [6.07, 6.45) is 5.79. The summed E-state index contributed by atoms with van der Waals surface area (Å²) in [5.41, 5.74) is 3.46. The van der Waals surface area contributed by atoms with Gasteiger partial charge in [0.05, 0.1) is 5.71 Å². The number of oxime groups is 1. The van der Waals surface area contributed by atoms with Crippen molar-refractivity contribution in [1.82, 2.24) is 0 Å². The Hall–Kier alpha value is -1.84. The summed E-state index contributed by atoms with van der Waals surface area (Å²) in [5, 5.41) is 8.34. The maximum atomic E-state index is 4.72. The second-order valence-electron chi connectivity index (χ2n) is 3.55. The van der Waals surface area contributed by atoms with Crippen LogP contribution in [0, 0.1) is 0 Å². The van der Waals surface area contributed by atoms with Gasteiger partial charge in [0.2, 0.25) is 0 Å². The highest BCUT2D eigenvalue weighted by Gasteiger charge is 2.03. The van der Waals surface area contributed by atoms with Crippen molar-refractivity contribution in [3.63, 3.8) is 0 Å². The zero-order chi connectivity index (χ0) is 12.1. The first-order valence-electron chi connectivity index (χ1n) is 4.99. The first-order valence-corrected chi connectivity index (χ1v) is 4.99. The smallest absolute Gasteiger partial charge is 0.162 e. The van der Waals surface area contributed by atoms with E-state index in [9.17, 15) is 0 Å². The minimum absolute atomic E-state index is 0.754. The lowest BCUT2D eigenvalue weighted by Crippen LogP contribution is -2.06. The number of allylic oxidation sites excluding steroid dienone is 5. The molecule has 0 atom stereocenters. The van der Waals surface area contributed by atoms with Gasteiger partial charge in [0.1, 0.15) is 20.9 Å². The van der Waals surface area contributed by atoms with E-state index in [1.165, 1.54) is 7.11 Å². The average molecular weight is 219 g/mol.